The summed E-state index contributed by atoms with van der Waals surface area (Å²) >= 11 is 5.70. The summed E-state index contributed by atoms with van der Waals surface area (Å²) in [6, 6.07) is 16.0. The summed E-state index contributed by atoms with van der Waals surface area (Å²) in [6.07, 6.45) is 8.66. The highest BCUT2D eigenvalue weighted by molar-refractivity contribution is 6.30. The number of fused-ring (bicyclic) bond motifs is 6. The lowest BCUT2D eigenvalue weighted by atomic mass is 9.79. The van der Waals surface area contributed by atoms with E-state index in [0.29, 0.717) is 24.3 Å². The van der Waals surface area contributed by atoms with Crippen LogP contribution in [0.15, 0.2) is 73.4 Å². The van der Waals surface area contributed by atoms with Crippen molar-refractivity contribution in [3.8, 4) is 11.1 Å². The minimum atomic E-state index is -0.495. The molecule has 8 nitrogen and oxygen atoms in total. The topological polar surface area (TPSA) is 107 Å². The van der Waals surface area contributed by atoms with Crippen LogP contribution in [0.5, 0.6) is 0 Å². The third kappa shape index (κ3) is 6.04. The van der Waals surface area contributed by atoms with Crippen molar-refractivity contribution in [2.45, 2.75) is 32.7 Å². The van der Waals surface area contributed by atoms with Crippen molar-refractivity contribution in [1.82, 2.24) is 24.8 Å². The molecule has 2 aliphatic rings. The number of imidazole rings is 1. The van der Waals surface area contributed by atoms with E-state index in [9.17, 15) is 18.8 Å². The number of ketones is 2. The highest BCUT2D eigenvalue weighted by atomic mass is 35.5. The van der Waals surface area contributed by atoms with Crippen molar-refractivity contribution >= 4 is 52.4 Å². The van der Waals surface area contributed by atoms with E-state index in [1.165, 1.54) is 18.5 Å². The van der Waals surface area contributed by atoms with Crippen LogP contribution in [0.2, 0.25) is 5.02 Å². The van der Waals surface area contributed by atoms with Crippen LogP contribution in [-0.2, 0) is 22.6 Å². The van der Waals surface area contributed by atoms with Gasteiger partial charge >= 0.3 is 0 Å². The van der Waals surface area contributed by atoms with E-state index in [0.717, 1.165) is 38.2 Å². The van der Waals surface area contributed by atoms with Gasteiger partial charge in [0.05, 0.1) is 24.0 Å². The highest BCUT2D eigenvalue weighted by Crippen LogP contribution is 2.27. The van der Waals surface area contributed by atoms with Crippen LogP contribution < -0.4 is 15.8 Å². The summed E-state index contributed by atoms with van der Waals surface area (Å²) in [5.41, 5.74) is 5.94. The zero-order valence-corrected chi connectivity index (χ0v) is 25.4. The largest absolute Gasteiger partial charge is 0.354 e. The van der Waals surface area contributed by atoms with Gasteiger partial charge in [-0.3, -0.25) is 14.4 Å². The third-order valence-corrected chi connectivity index (χ3v) is 8.45. The van der Waals surface area contributed by atoms with Gasteiger partial charge in [0.15, 0.2) is 11.4 Å². The van der Waals surface area contributed by atoms with Crippen LogP contribution >= 0.6 is 11.6 Å². The second-order valence-corrected chi connectivity index (χ2v) is 11.5. The molecule has 45 heavy (non-hydrogen) atoms. The van der Waals surface area contributed by atoms with E-state index in [1.807, 2.05) is 60.9 Å². The van der Waals surface area contributed by atoms with E-state index in [1.54, 1.807) is 24.7 Å². The standard InChI is InChI=1S/C20H16O2.C15H13ClFN5O/c1-11-9-17-13(12(2)20(11)22)7-8-15-14-5-3-4-6-16(14)19(21)10-18(15)17;16-11-5-10(1-2-12(11)17)6-14(23)19-3-4-22-9-21-15-13(22)7-18-8-20-15/h3-12H,1-2H3;1-2,5,7-9H,3-4,6H2,(H,19,23). The number of nitrogens with one attached hydrogen (secondary N) is 1. The van der Waals surface area contributed by atoms with Crippen LogP contribution in [0, 0.1) is 11.7 Å². The second kappa shape index (κ2) is 12.5. The number of halogens is 2. The van der Waals surface area contributed by atoms with Crippen LogP contribution in [0.1, 0.15) is 41.3 Å². The quantitative estimate of drug-likeness (QED) is 0.312. The first kappa shape index (κ1) is 30.0. The molecule has 0 fully saturated rings. The van der Waals surface area contributed by atoms with Crippen molar-refractivity contribution < 1.29 is 18.8 Å². The van der Waals surface area contributed by atoms with Crippen LogP contribution in [0.3, 0.4) is 0 Å². The fraction of sp³-hybridized carbons (Fsp3) is 0.200. The molecule has 2 atom stereocenters. The number of carbonyl (C=O) groups excluding carboxylic acids is 3. The fourth-order valence-electron chi connectivity index (χ4n) is 5.82. The van der Waals surface area contributed by atoms with E-state index < -0.39 is 5.82 Å². The maximum Gasteiger partial charge on any atom is 0.224 e. The van der Waals surface area contributed by atoms with E-state index in [-0.39, 0.29) is 40.8 Å². The van der Waals surface area contributed by atoms with Crippen LogP contribution in [0.25, 0.3) is 34.4 Å². The molecular weight excluding hydrogens is 593 g/mol. The predicted octanol–water partition coefficient (Wildman–Crippen LogP) is 4.41. The molecule has 0 aliphatic heterocycles. The number of carbonyl (C=O) groups is 3. The SMILES string of the molecule is CC1C=c2c(ccc3c2=CC(=O)c2ccccc2-3)C(C)C1=O.O=C(Cc1ccc(F)c(Cl)c1)NCCn1cnc2ncncc21. The number of aromatic nitrogens is 4. The molecule has 3 aromatic carbocycles. The molecule has 0 bridgehead atoms. The van der Waals surface area contributed by atoms with Gasteiger partial charge in [0.25, 0.3) is 0 Å². The number of benzene rings is 3. The Hall–Kier alpha value is -5.02. The van der Waals surface area contributed by atoms with Crippen molar-refractivity contribution in [3.63, 3.8) is 0 Å². The van der Waals surface area contributed by atoms with Gasteiger partial charge in [-0.1, -0.05) is 74.0 Å². The van der Waals surface area contributed by atoms with Gasteiger partial charge in [0.1, 0.15) is 23.4 Å². The lowest BCUT2D eigenvalue weighted by molar-refractivity contribution is -0.122. The maximum atomic E-state index is 13.1. The molecule has 226 valence electrons. The number of hydrogen-bond acceptors (Lipinski definition) is 6. The molecule has 2 unspecified atom stereocenters. The Morgan fingerprint density at radius 3 is 2.60 bits per heavy atom. The van der Waals surface area contributed by atoms with E-state index >= 15 is 0 Å². The maximum absolute atomic E-state index is 13.1. The highest BCUT2D eigenvalue weighted by Gasteiger charge is 2.27. The summed E-state index contributed by atoms with van der Waals surface area (Å²) in [5.74, 6) is -0.578. The molecule has 2 aromatic heterocycles. The average Bonchev–Trinajstić information content (AvgIpc) is 3.45. The van der Waals surface area contributed by atoms with Gasteiger partial charge < -0.3 is 9.88 Å². The molecule has 1 amide bonds. The fourth-order valence-corrected chi connectivity index (χ4v) is 6.03. The Kier molecular flexibility index (Phi) is 8.36. The summed E-state index contributed by atoms with van der Waals surface area (Å²) in [5, 5.41) is 4.84. The molecule has 2 aliphatic carbocycles. The molecule has 0 saturated heterocycles. The third-order valence-electron chi connectivity index (χ3n) is 8.16. The van der Waals surface area contributed by atoms with Crippen molar-refractivity contribution in [3.05, 3.63) is 111 Å². The summed E-state index contributed by atoms with van der Waals surface area (Å²) in [6.45, 7) is 4.88. The number of nitrogens with zero attached hydrogens (tertiary/aromatic N) is 4. The molecule has 0 saturated carbocycles. The van der Waals surface area contributed by atoms with Crippen molar-refractivity contribution in [1.29, 1.82) is 0 Å². The van der Waals surface area contributed by atoms with Crippen LogP contribution in [-0.4, -0.2) is 43.5 Å². The van der Waals surface area contributed by atoms with Crippen LogP contribution in [0.4, 0.5) is 4.39 Å². The minimum Gasteiger partial charge on any atom is -0.354 e. The van der Waals surface area contributed by atoms with E-state index in [2.05, 4.69) is 20.3 Å². The Bertz CT molecular complexity index is 2110. The van der Waals surface area contributed by atoms with Gasteiger partial charge in [-0.15, -0.1) is 0 Å². The van der Waals surface area contributed by atoms with Gasteiger partial charge in [-0.2, -0.15) is 0 Å². The minimum absolute atomic E-state index is 0.0141. The predicted molar refractivity (Wildman–Crippen MR) is 170 cm³/mol. The van der Waals surface area contributed by atoms with Gasteiger partial charge in [0.2, 0.25) is 5.91 Å². The zero-order chi connectivity index (χ0) is 31.7. The summed E-state index contributed by atoms with van der Waals surface area (Å²) in [7, 11) is 0. The lowest BCUT2D eigenvalue weighted by Crippen LogP contribution is -2.40. The number of hydrogen-bond donors (Lipinski definition) is 1. The smallest absolute Gasteiger partial charge is 0.224 e. The lowest BCUT2D eigenvalue weighted by Gasteiger charge is -2.23. The first-order valence-corrected chi connectivity index (χ1v) is 14.9. The zero-order valence-electron chi connectivity index (χ0n) is 24.6. The Labute approximate surface area is 263 Å². The summed E-state index contributed by atoms with van der Waals surface area (Å²) in [4.78, 5) is 48.7. The Morgan fingerprint density at radius 1 is 1.00 bits per heavy atom. The van der Waals surface area contributed by atoms with Gasteiger partial charge in [-0.25, -0.2) is 19.3 Å². The average molecular weight is 622 g/mol. The molecule has 10 heteroatoms. The number of amides is 1. The first-order chi connectivity index (χ1) is 21.7. The number of rotatable bonds is 5. The van der Waals surface area contributed by atoms with Gasteiger partial charge in [-0.05, 0) is 50.9 Å². The Balaban J connectivity index is 0.000000159. The second-order valence-electron chi connectivity index (χ2n) is 11.1. The van der Waals surface area contributed by atoms with E-state index in [4.69, 9.17) is 11.6 Å². The molecule has 5 aromatic rings. The van der Waals surface area contributed by atoms with Gasteiger partial charge in [0, 0.05) is 30.5 Å². The molecular formula is C35H29ClFN5O3. The summed E-state index contributed by atoms with van der Waals surface area (Å²) < 4.78 is 14.9. The molecule has 0 spiro atoms. The normalized spacial score (nSPS) is 16.4. The number of Topliss-reactive ketones (excluding diaryl/α,β-unsaturated/α-hetero) is 2. The van der Waals surface area contributed by atoms with Crippen molar-refractivity contribution in [2.24, 2.45) is 5.92 Å². The molecule has 1 N–H and O–H groups in total. The molecule has 7 rings (SSSR count). The Morgan fingerprint density at radius 2 is 1.80 bits per heavy atom. The van der Waals surface area contributed by atoms with Crippen molar-refractivity contribution in [2.75, 3.05) is 6.54 Å². The monoisotopic (exact) mass is 621 g/mol. The molecule has 0 radical (unpaired) electrons. The first-order valence-electron chi connectivity index (χ1n) is 14.6. The molecule has 2 heterocycles.